The second-order valence-electron chi connectivity index (χ2n) is 9.53. The number of benzene rings is 1. The predicted octanol–water partition coefficient (Wildman–Crippen LogP) is 7.40. The number of aliphatic imine (C=N–C) groups is 1. The highest BCUT2D eigenvalue weighted by Gasteiger charge is 2.32. The fourth-order valence-corrected chi connectivity index (χ4v) is 4.84. The van der Waals surface area contributed by atoms with Gasteiger partial charge in [0.2, 0.25) is 0 Å². The van der Waals surface area contributed by atoms with Crippen molar-refractivity contribution in [2.75, 3.05) is 0 Å². The molecule has 2 unspecified atom stereocenters. The highest BCUT2D eigenvalue weighted by atomic mass is 14.8. The summed E-state index contributed by atoms with van der Waals surface area (Å²) in [6.07, 6.45) is 21.0. The van der Waals surface area contributed by atoms with E-state index >= 15 is 0 Å². The molecule has 1 aromatic carbocycles. The third-order valence-electron chi connectivity index (χ3n) is 7.16. The van der Waals surface area contributed by atoms with Gasteiger partial charge in [-0.1, -0.05) is 81.5 Å². The van der Waals surface area contributed by atoms with Crippen molar-refractivity contribution in [2.45, 2.75) is 65.7 Å². The van der Waals surface area contributed by atoms with E-state index in [1.54, 1.807) is 0 Å². The van der Waals surface area contributed by atoms with Crippen molar-refractivity contribution in [3.05, 3.63) is 83.2 Å². The minimum absolute atomic E-state index is 0.620. The molecule has 31 heavy (non-hydrogen) atoms. The Morgan fingerprint density at radius 3 is 2.65 bits per heavy atom. The molecule has 0 fully saturated rings. The topological polar surface area (TPSA) is 38.4 Å². The Labute approximate surface area is 189 Å². The quantitative estimate of drug-likeness (QED) is 0.330. The summed E-state index contributed by atoms with van der Waals surface area (Å²) in [4.78, 5) is 4.77. The van der Waals surface area contributed by atoms with Gasteiger partial charge in [-0.05, 0) is 79.8 Å². The van der Waals surface area contributed by atoms with Crippen LogP contribution in [0.3, 0.4) is 0 Å². The molecule has 0 saturated carbocycles. The lowest BCUT2D eigenvalue weighted by Gasteiger charge is -2.37. The molecule has 0 heterocycles. The van der Waals surface area contributed by atoms with Crippen molar-refractivity contribution in [3.63, 3.8) is 0 Å². The van der Waals surface area contributed by atoms with Crippen LogP contribution in [-0.4, -0.2) is 6.21 Å². The van der Waals surface area contributed by atoms with Gasteiger partial charge in [0.05, 0.1) is 5.70 Å². The lowest BCUT2D eigenvalue weighted by Crippen LogP contribution is -2.30. The molecule has 2 nitrogen and oxygen atoms in total. The van der Waals surface area contributed by atoms with Crippen molar-refractivity contribution < 1.29 is 0 Å². The monoisotopic (exact) mass is 416 g/mol. The van der Waals surface area contributed by atoms with Crippen LogP contribution >= 0.6 is 0 Å². The van der Waals surface area contributed by atoms with Crippen LogP contribution in [-0.2, 0) is 6.42 Å². The molecular weight excluding hydrogens is 376 g/mol. The lowest BCUT2D eigenvalue weighted by atomic mass is 9.70. The second-order valence-corrected chi connectivity index (χ2v) is 9.53. The molecule has 0 aliphatic heterocycles. The number of hydrogen-bond donors (Lipinski definition) is 1. The zero-order chi connectivity index (χ0) is 22.1. The molecular formula is C29H40N2. The van der Waals surface area contributed by atoms with Crippen LogP contribution in [0.4, 0.5) is 0 Å². The van der Waals surface area contributed by atoms with Crippen LogP contribution in [0.15, 0.2) is 82.7 Å². The number of aryl methyl sites for hydroxylation is 1. The molecule has 1 aromatic rings. The maximum atomic E-state index is 6.49. The Morgan fingerprint density at radius 1 is 1.10 bits per heavy atom. The van der Waals surface area contributed by atoms with E-state index in [0.717, 1.165) is 56.3 Å². The summed E-state index contributed by atoms with van der Waals surface area (Å²) >= 11 is 0. The molecule has 4 atom stereocenters. The highest BCUT2D eigenvalue weighted by Crippen LogP contribution is 2.40. The van der Waals surface area contributed by atoms with Crippen molar-refractivity contribution in [2.24, 2.45) is 34.4 Å². The summed E-state index contributed by atoms with van der Waals surface area (Å²) < 4.78 is 0. The van der Waals surface area contributed by atoms with Crippen LogP contribution in [0.25, 0.3) is 0 Å². The zero-order valence-electron chi connectivity index (χ0n) is 19.6. The first kappa shape index (κ1) is 23.3. The van der Waals surface area contributed by atoms with Gasteiger partial charge >= 0.3 is 0 Å². The van der Waals surface area contributed by atoms with E-state index in [1.807, 2.05) is 6.21 Å². The lowest BCUT2D eigenvalue weighted by molar-refractivity contribution is 0.181. The van der Waals surface area contributed by atoms with Crippen molar-refractivity contribution in [1.82, 2.24) is 0 Å². The van der Waals surface area contributed by atoms with Gasteiger partial charge in [0.25, 0.3) is 0 Å². The molecule has 2 aliphatic rings. The largest absolute Gasteiger partial charge is 0.401 e. The van der Waals surface area contributed by atoms with Crippen LogP contribution in [0.1, 0.15) is 64.9 Å². The second kappa shape index (κ2) is 11.9. The molecule has 0 radical (unpaired) electrons. The standard InChI is InChI=1S/C29H40N2/c1-22(13-7-4-8-14-25-15-9-5-10-16-25)24(3)27-20-28(30)29(19-23(27)2)31-21-26-17-11-6-12-18-26/h4-5,7,9-11,15-18,21-24,27H,6,8,12-14,19-20,30H2,1-3H3/b7-4+,31-21?/t22-,23?,24+,27?/m1/s1. The Hall–Kier alpha value is -2.35. The molecule has 2 N–H and O–H groups in total. The first-order valence-electron chi connectivity index (χ1n) is 12.1. The summed E-state index contributed by atoms with van der Waals surface area (Å²) in [5.74, 6) is 2.58. The highest BCUT2D eigenvalue weighted by molar-refractivity contribution is 5.83. The first-order valence-corrected chi connectivity index (χ1v) is 12.1. The van der Waals surface area contributed by atoms with Crippen LogP contribution in [0.5, 0.6) is 0 Å². The summed E-state index contributed by atoms with van der Waals surface area (Å²) in [6.45, 7) is 7.20. The van der Waals surface area contributed by atoms with Crippen LogP contribution in [0, 0.1) is 23.7 Å². The molecule has 166 valence electrons. The Morgan fingerprint density at radius 2 is 1.90 bits per heavy atom. The molecule has 0 spiro atoms. The van der Waals surface area contributed by atoms with Crippen molar-refractivity contribution >= 4 is 6.21 Å². The summed E-state index contributed by atoms with van der Waals surface area (Å²) in [5, 5.41) is 0. The van der Waals surface area contributed by atoms with Crippen molar-refractivity contribution in [3.8, 4) is 0 Å². The molecule has 0 saturated heterocycles. The van der Waals surface area contributed by atoms with E-state index in [2.05, 4.69) is 81.5 Å². The fraction of sp³-hybridized carbons (Fsp3) is 0.483. The number of rotatable bonds is 9. The number of hydrogen-bond acceptors (Lipinski definition) is 2. The average molecular weight is 417 g/mol. The third kappa shape index (κ3) is 7.09. The molecule has 2 aliphatic carbocycles. The van der Waals surface area contributed by atoms with Crippen molar-refractivity contribution in [1.29, 1.82) is 0 Å². The van der Waals surface area contributed by atoms with E-state index < -0.39 is 0 Å². The van der Waals surface area contributed by atoms with Gasteiger partial charge < -0.3 is 5.73 Å². The molecule has 0 bridgehead atoms. The average Bonchev–Trinajstić information content (AvgIpc) is 2.80. The van der Waals surface area contributed by atoms with E-state index in [9.17, 15) is 0 Å². The molecule has 2 heteroatoms. The number of nitrogens with two attached hydrogens (primary N) is 1. The Balaban J connectivity index is 1.49. The summed E-state index contributed by atoms with van der Waals surface area (Å²) in [5.41, 5.74) is 11.2. The molecule has 0 amide bonds. The normalized spacial score (nSPS) is 24.0. The summed E-state index contributed by atoms with van der Waals surface area (Å²) in [6, 6.07) is 10.7. The van der Waals surface area contributed by atoms with Crippen LogP contribution in [0.2, 0.25) is 0 Å². The van der Waals surface area contributed by atoms with Crippen LogP contribution < -0.4 is 5.73 Å². The third-order valence-corrected chi connectivity index (χ3v) is 7.16. The number of nitrogens with zero attached hydrogens (tertiary/aromatic N) is 1. The van der Waals surface area contributed by atoms with E-state index in [0.29, 0.717) is 23.7 Å². The van der Waals surface area contributed by atoms with E-state index in [1.165, 1.54) is 11.1 Å². The zero-order valence-corrected chi connectivity index (χ0v) is 19.6. The minimum atomic E-state index is 0.620. The maximum Gasteiger partial charge on any atom is 0.0593 e. The van der Waals surface area contributed by atoms with Gasteiger partial charge in [0, 0.05) is 11.9 Å². The SMILES string of the molecule is CC1CC(N=CC2=CCCC=C2)=C(N)CC1[C@@H](C)[C@H](C)C/C=C/CCc1ccccc1. The van der Waals surface area contributed by atoms with Gasteiger partial charge in [-0.3, -0.25) is 4.99 Å². The summed E-state index contributed by atoms with van der Waals surface area (Å²) in [7, 11) is 0. The van der Waals surface area contributed by atoms with E-state index in [4.69, 9.17) is 10.7 Å². The molecule has 3 rings (SSSR count). The first-order chi connectivity index (χ1) is 15.0. The molecule has 0 aromatic heterocycles. The Kier molecular flexibility index (Phi) is 8.94. The smallest absolute Gasteiger partial charge is 0.0593 e. The van der Waals surface area contributed by atoms with Gasteiger partial charge in [-0.2, -0.15) is 0 Å². The fourth-order valence-electron chi connectivity index (χ4n) is 4.84. The predicted molar refractivity (Wildman–Crippen MR) is 135 cm³/mol. The minimum Gasteiger partial charge on any atom is -0.401 e. The van der Waals surface area contributed by atoms with Gasteiger partial charge in [-0.25, -0.2) is 0 Å². The van der Waals surface area contributed by atoms with Gasteiger partial charge in [-0.15, -0.1) is 0 Å². The van der Waals surface area contributed by atoms with E-state index in [-0.39, 0.29) is 0 Å². The van der Waals surface area contributed by atoms with Gasteiger partial charge in [0.1, 0.15) is 0 Å². The Bertz CT molecular complexity index is 841. The number of allylic oxidation sites excluding steroid dienone is 8. The maximum absolute atomic E-state index is 6.49. The van der Waals surface area contributed by atoms with Gasteiger partial charge in [0.15, 0.2) is 0 Å².